The highest BCUT2D eigenvalue weighted by Gasteiger charge is 2.17. The normalized spacial score (nSPS) is 10.6. The summed E-state index contributed by atoms with van der Waals surface area (Å²) in [6, 6.07) is 7.91. The quantitative estimate of drug-likeness (QED) is 0.290. The molecule has 10 nitrogen and oxygen atoms in total. The van der Waals surface area contributed by atoms with Gasteiger partial charge in [-0.3, -0.25) is 4.79 Å². The molecule has 1 N–H and O–H groups in total. The van der Waals surface area contributed by atoms with Gasteiger partial charge in [-0.2, -0.15) is 0 Å². The van der Waals surface area contributed by atoms with Gasteiger partial charge in [0.1, 0.15) is 12.4 Å². The van der Waals surface area contributed by atoms with Crippen LogP contribution in [0.1, 0.15) is 44.6 Å². The molecule has 0 fully saturated rings. The Morgan fingerprint density at radius 2 is 1.57 bits per heavy atom. The predicted octanol–water partition coefficient (Wildman–Crippen LogP) is 4.45. The average Bonchev–Trinajstić information content (AvgIpc) is 3.29. The maximum atomic E-state index is 12.6. The molecule has 12 heteroatoms. The molecule has 0 unspecified atom stereocenters. The first kappa shape index (κ1) is 28.0. The fraction of sp³-hybridized carbons (Fsp3) is 0.320. The first-order valence-corrected chi connectivity index (χ1v) is 12.6. The largest absolute Gasteiger partial charge is 0.486 e. The summed E-state index contributed by atoms with van der Waals surface area (Å²) < 4.78 is 17.2. The van der Waals surface area contributed by atoms with Crippen molar-refractivity contribution in [3.63, 3.8) is 0 Å². The smallest absolute Gasteiger partial charge is 0.337 e. The molecule has 0 spiro atoms. The van der Waals surface area contributed by atoms with Crippen LogP contribution >= 0.6 is 23.4 Å². The van der Waals surface area contributed by atoms with Gasteiger partial charge in [0.2, 0.25) is 5.91 Å². The van der Waals surface area contributed by atoms with E-state index >= 15 is 0 Å². The summed E-state index contributed by atoms with van der Waals surface area (Å²) in [5, 5.41) is 12.4. The minimum Gasteiger partial charge on any atom is -0.486 e. The van der Waals surface area contributed by atoms with Crippen LogP contribution in [0.4, 0.5) is 5.69 Å². The molecule has 37 heavy (non-hydrogen) atoms. The van der Waals surface area contributed by atoms with E-state index in [1.165, 1.54) is 44.2 Å². The molecule has 0 atom stereocenters. The number of hydrogen-bond donors (Lipinski definition) is 1. The standard InChI is InChI=1S/C25H27ClN4O6S/c1-6-30-20(12-36-19-7-14(2)22(26)15(3)8-19)28-29-25(30)37-13-21(31)27-18-10-16(23(32)34-4)9-17(11-18)24(33)35-5/h7-11H,6,12-13H2,1-5H3,(H,27,31). The second-order valence-electron chi connectivity index (χ2n) is 7.92. The number of carbonyl (C=O) groups excluding carboxylic acids is 3. The monoisotopic (exact) mass is 546 g/mol. The fourth-order valence-corrected chi connectivity index (χ4v) is 4.42. The second kappa shape index (κ2) is 12.6. The molecule has 0 radical (unpaired) electrons. The molecule has 0 bridgehead atoms. The van der Waals surface area contributed by atoms with Gasteiger partial charge in [0.25, 0.3) is 0 Å². The van der Waals surface area contributed by atoms with Gasteiger partial charge in [0, 0.05) is 17.3 Å². The number of nitrogens with zero attached hydrogens (tertiary/aromatic N) is 3. The van der Waals surface area contributed by atoms with Crippen LogP contribution in [0, 0.1) is 13.8 Å². The Labute approximate surface area is 223 Å². The van der Waals surface area contributed by atoms with Crippen molar-refractivity contribution in [3.05, 3.63) is 63.4 Å². The van der Waals surface area contributed by atoms with E-state index in [0.29, 0.717) is 28.3 Å². The Kier molecular flexibility index (Phi) is 9.54. The number of nitrogens with one attached hydrogen (secondary N) is 1. The van der Waals surface area contributed by atoms with Crippen molar-refractivity contribution in [2.24, 2.45) is 0 Å². The number of rotatable bonds is 10. The topological polar surface area (TPSA) is 122 Å². The number of hydrogen-bond acceptors (Lipinski definition) is 9. The zero-order valence-electron chi connectivity index (χ0n) is 21.1. The number of amides is 1. The van der Waals surface area contributed by atoms with Crippen molar-refractivity contribution >= 4 is 46.9 Å². The number of aromatic nitrogens is 3. The number of carbonyl (C=O) groups is 3. The van der Waals surface area contributed by atoms with Crippen LogP contribution in [0.2, 0.25) is 5.02 Å². The van der Waals surface area contributed by atoms with E-state index in [1.54, 1.807) is 0 Å². The molecule has 3 aromatic rings. The summed E-state index contributed by atoms with van der Waals surface area (Å²) in [6.45, 7) is 6.56. The van der Waals surface area contributed by atoms with Crippen LogP contribution in [-0.2, 0) is 27.4 Å². The van der Waals surface area contributed by atoms with E-state index in [9.17, 15) is 14.4 Å². The number of methoxy groups -OCH3 is 2. The molecule has 1 heterocycles. The number of aryl methyl sites for hydroxylation is 2. The van der Waals surface area contributed by atoms with E-state index in [1.807, 2.05) is 37.5 Å². The number of thioether (sulfide) groups is 1. The summed E-state index contributed by atoms with van der Waals surface area (Å²) in [5.41, 5.74) is 2.32. The maximum Gasteiger partial charge on any atom is 0.337 e. The summed E-state index contributed by atoms with van der Waals surface area (Å²) in [6.07, 6.45) is 0. The highest BCUT2D eigenvalue weighted by Crippen LogP contribution is 2.27. The van der Waals surface area contributed by atoms with Crippen molar-refractivity contribution in [1.29, 1.82) is 0 Å². The van der Waals surface area contributed by atoms with Gasteiger partial charge in [0.05, 0.1) is 31.1 Å². The van der Waals surface area contributed by atoms with Gasteiger partial charge >= 0.3 is 11.9 Å². The highest BCUT2D eigenvalue weighted by molar-refractivity contribution is 7.99. The summed E-state index contributed by atoms with van der Waals surface area (Å²) in [7, 11) is 2.45. The van der Waals surface area contributed by atoms with Crippen LogP contribution in [0.25, 0.3) is 0 Å². The molecule has 0 aliphatic carbocycles. The molecule has 1 aromatic heterocycles. The van der Waals surface area contributed by atoms with E-state index in [0.717, 1.165) is 11.1 Å². The summed E-state index contributed by atoms with van der Waals surface area (Å²) >= 11 is 7.43. The molecular formula is C25H27ClN4O6S. The number of ether oxygens (including phenoxy) is 3. The minimum absolute atomic E-state index is 0.0184. The third-order valence-corrected chi connectivity index (χ3v) is 6.84. The average molecular weight is 547 g/mol. The zero-order chi connectivity index (χ0) is 27.1. The molecule has 0 aliphatic heterocycles. The first-order chi connectivity index (χ1) is 17.7. The van der Waals surface area contributed by atoms with Crippen molar-refractivity contribution < 1.29 is 28.6 Å². The summed E-state index contributed by atoms with van der Waals surface area (Å²) in [5.74, 6) is -0.345. The fourth-order valence-electron chi connectivity index (χ4n) is 3.49. The SMILES string of the molecule is CCn1c(COc2cc(C)c(Cl)c(C)c2)nnc1SCC(=O)Nc1cc(C(=O)OC)cc(C(=O)OC)c1. The lowest BCUT2D eigenvalue weighted by Crippen LogP contribution is -2.16. The van der Waals surface area contributed by atoms with Gasteiger partial charge in [-0.05, 0) is 62.2 Å². The van der Waals surface area contributed by atoms with Gasteiger partial charge in [-0.1, -0.05) is 23.4 Å². The second-order valence-corrected chi connectivity index (χ2v) is 9.24. The number of benzene rings is 2. The van der Waals surface area contributed by atoms with E-state index in [4.69, 9.17) is 25.8 Å². The lowest BCUT2D eigenvalue weighted by molar-refractivity contribution is -0.113. The van der Waals surface area contributed by atoms with Crippen LogP contribution < -0.4 is 10.1 Å². The number of anilines is 1. The molecule has 1 amide bonds. The van der Waals surface area contributed by atoms with Gasteiger partial charge < -0.3 is 24.1 Å². The molecule has 0 aliphatic rings. The van der Waals surface area contributed by atoms with Gasteiger partial charge in [-0.25, -0.2) is 9.59 Å². The van der Waals surface area contributed by atoms with Crippen LogP contribution in [0.5, 0.6) is 5.75 Å². The van der Waals surface area contributed by atoms with E-state index in [-0.39, 0.29) is 35.1 Å². The van der Waals surface area contributed by atoms with Crippen molar-refractivity contribution in [2.75, 3.05) is 25.3 Å². The Morgan fingerprint density at radius 3 is 2.11 bits per heavy atom. The number of halogens is 1. The Hall–Kier alpha value is -3.57. The van der Waals surface area contributed by atoms with Crippen molar-refractivity contribution in [2.45, 2.75) is 39.1 Å². The minimum atomic E-state index is -0.648. The molecule has 3 rings (SSSR count). The molecule has 0 saturated carbocycles. The van der Waals surface area contributed by atoms with Crippen LogP contribution in [0.3, 0.4) is 0 Å². The lowest BCUT2D eigenvalue weighted by atomic mass is 10.1. The third-order valence-electron chi connectivity index (χ3n) is 5.28. The Balaban J connectivity index is 1.66. The van der Waals surface area contributed by atoms with Crippen molar-refractivity contribution in [3.8, 4) is 5.75 Å². The van der Waals surface area contributed by atoms with Crippen LogP contribution in [0.15, 0.2) is 35.5 Å². The summed E-state index contributed by atoms with van der Waals surface area (Å²) in [4.78, 5) is 36.6. The Bertz CT molecular complexity index is 1270. The van der Waals surface area contributed by atoms with Crippen molar-refractivity contribution in [1.82, 2.24) is 14.8 Å². The molecule has 2 aromatic carbocycles. The first-order valence-electron chi connectivity index (χ1n) is 11.2. The van der Waals surface area contributed by atoms with Gasteiger partial charge in [0.15, 0.2) is 11.0 Å². The van der Waals surface area contributed by atoms with Gasteiger partial charge in [-0.15, -0.1) is 10.2 Å². The molecule has 0 saturated heterocycles. The highest BCUT2D eigenvalue weighted by atomic mass is 35.5. The van der Waals surface area contributed by atoms with Crippen LogP contribution in [-0.4, -0.2) is 52.6 Å². The predicted molar refractivity (Wildman–Crippen MR) is 139 cm³/mol. The maximum absolute atomic E-state index is 12.6. The third kappa shape index (κ3) is 7.01. The Morgan fingerprint density at radius 1 is 0.973 bits per heavy atom. The molecular weight excluding hydrogens is 520 g/mol. The number of esters is 2. The van der Waals surface area contributed by atoms with E-state index < -0.39 is 11.9 Å². The van der Waals surface area contributed by atoms with E-state index in [2.05, 4.69) is 15.5 Å². The molecule has 196 valence electrons. The zero-order valence-corrected chi connectivity index (χ0v) is 22.7. The lowest BCUT2D eigenvalue weighted by Gasteiger charge is -2.11.